The van der Waals surface area contributed by atoms with E-state index in [-0.39, 0.29) is 23.4 Å². The highest BCUT2D eigenvalue weighted by Gasteiger charge is 2.42. The van der Waals surface area contributed by atoms with Crippen molar-refractivity contribution in [2.24, 2.45) is 5.73 Å². The standard InChI is InChI=1S/C25H19ClF3N3O4/c1-12-3-8-16(9-17(12)22(33)36-23(34)25(27,28)29)35-24-31-20-10-18(19(26)11-21(20)32-24)15-6-4-14(5-7-15)13(2)30/h3-11,13H,30H2,1-2H3,(H,31,32). The number of benzene rings is 3. The maximum atomic E-state index is 12.4. The fourth-order valence-corrected chi connectivity index (χ4v) is 3.71. The van der Waals surface area contributed by atoms with Crippen LogP contribution >= 0.6 is 11.6 Å². The number of aryl methyl sites for hydroxylation is 1. The number of carbonyl (C=O) groups is 2. The second-order valence-electron chi connectivity index (χ2n) is 8.06. The van der Waals surface area contributed by atoms with Gasteiger partial charge in [-0.3, -0.25) is 0 Å². The topological polar surface area (TPSA) is 107 Å². The van der Waals surface area contributed by atoms with E-state index in [0.29, 0.717) is 21.6 Å². The molecule has 1 aromatic heterocycles. The fraction of sp³-hybridized carbons (Fsp3) is 0.160. The lowest BCUT2D eigenvalue weighted by Crippen LogP contribution is -2.28. The van der Waals surface area contributed by atoms with E-state index in [1.165, 1.54) is 19.1 Å². The van der Waals surface area contributed by atoms with Gasteiger partial charge in [0.25, 0.3) is 6.01 Å². The van der Waals surface area contributed by atoms with Crippen molar-refractivity contribution in [3.05, 3.63) is 76.3 Å². The number of imidazole rings is 1. The summed E-state index contributed by atoms with van der Waals surface area (Å²) in [6, 6.07) is 15.2. The lowest BCUT2D eigenvalue weighted by Gasteiger charge is -2.09. The van der Waals surface area contributed by atoms with Crippen molar-refractivity contribution >= 4 is 34.6 Å². The van der Waals surface area contributed by atoms with E-state index in [4.69, 9.17) is 22.1 Å². The van der Waals surface area contributed by atoms with E-state index in [0.717, 1.165) is 22.8 Å². The van der Waals surface area contributed by atoms with Gasteiger partial charge in [-0.15, -0.1) is 0 Å². The Kier molecular flexibility index (Phi) is 6.75. The molecule has 0 aliphatic rings. The number of H-pyrrole nitrogens is 1. The van der Waals surface area contributed by atoms with Crippen LogP contribution in [0.4, 0.5) is 13.2 Å². The van der Waals surface area contributed by atoms with Gasteiger partial charge in [0.15, 0.2) is 0 Å². The largest absolute Gasteiger partial charge is 0.491 e. The summed E-state index contributed by atoms with van der Waals surface area (Å²) in [4.78, 5) is 30.4. The van der Waals surface area contributed by atoms with Crippen LogP contribution < -0.4 is 10.5 Å². The molecule has 0 spiro atoms. The van der Waals surface area contributed by atoms with Crippen LogP contribution in [0.2, 0.25) is 5.02 Å². The number of nitrogens with two attached hydrogens (primary N) is 1. The van der Waals surface area contributed by atoms with Crippen LogP contribution in [0, 0.1) is 6.92 Å². The molecule has 4 rings (SSSR count). The van der Waals surface area contributed by atoms with Crippen LogP contribution in [0.15, 0.2) is 54.6 Å². The molecule has 0 fully saturated rings. The Balaban J connectivity index is 1.59. The van der Waals surface area contributed by atoms with E-state index in [9.17, 15) is 22.8 Å². The van der Waals surface area contributed by atoms with Gasteiger partial charge in [-0.05, 0) is 54.8 Å². The average Bonchev–Trinajstić information content (AvgIpc) is 3.20. The molecule has 0 radical (unpaired) electrons. The zero-order valence-electron chi connectivity index (χ0n) is 18.9. The van der Waals surface area contributed by atoms with Gasteiger partial charge >= 0.3 is 18.1 Å². The molecular formula is C25H19ClF3N3O4. The number of hydrogen-bond acceptors (Lipinski definition) is 6. The van der Waals surface area contributed by atoms with Crippen molar-refractivity contribution in [3.63, 3.8) is 0 Å². The SMILES string of the molecule is Cc1ccc(Oc2nc3cc(-c4ccc(C(C)N)cc4)c(Cl)cc3[nH]2)cc1C(=O)OC(=O)C(F)(F)F. The molecule has 36 heavy (non-hydrogen) atoms. The molecule has 7 nitrogen and oxygen atoms in total. The van der Waals surface area contributed by atoms with Gasteiger partial charge in [-0.25, -0.2) is 9.59 Å². The van der Waals surface area contributed by atoms with Crippen LogP contribution in [-0.2, 0) is 9.53 Å². The molecular weight excluding hydrogens is 499 g/mol. The fourth-order valence-electron chi connectivity index (χ4n) is 3.44. The number of aromatic amines is 1. The average molecular weight is 518 g/mol. The van der Waals surface area contributed by atoms with Gasteiger partial charge in [-0.2, -0.15) is 18.2 Å². The predicted octanol–water partition coefficient (Wildman–Crippen LogP) is 6.25. The lowest BCUT2D eigenvalue weighted by molar-refractivity contribution is -0.193. The first-order valence-corrected chi connectivity index (χ1v) is 11.0. The minimum absolute atomic E-state index is 0.0556. The Hall–Kier alpha value is -3.89. The molecule has 0 aliphatic heterocycles. The van der Waals surface area contributed by atoms with Gasteiger partial charge in [0, 0.05) is 11.6 Å². The van der Waals surface area contributed by atoms with Crippen molar-refractivity contribution in [2.75, 3.05) is 0 Å². The van der Waals surface area contributed by atoms with E-state index in [1.54, 1.807) is 12.1 Å². The first-order valence-electron chi connectivity index (χ1n) is 10.6. The number of fused-ring (bicyclic) bond motifs is 1. The molecule has 0 saturated heterocycles. The molecule has 1 unspecified atom stereocenters. The molecule has 1 atom stereocenters. The number of carbonyl (C=O) groups excluding carboxylic acids is 2. The summed E-state index contributed by atoms with van der Waals surface area (Å²) >= 11 is 6.48. The zero-order chi connectivity index (χ0) is 26.2. The molecule has 0 aliphatic carbocycles. The number of alkyl halides is 3. The summed E-state index contributed by atoms with van der Waals surface area (Å²) in [6.07, 6.45) is -5.29. The number of nitrogens with zero attached hydrogens (tertiary/aromatic N) is 1. The highest BCUT2D eigenvalue weighted by atomic mass is 35.5. The molecule has 4 aromatic rings. The van der Waals surface area contributed by atoms with Crippen molar-refractivity contribution in [1.29, 1.82) is 0 Å². The summed E-state index contributed by atoms with van der Waals surface area (Å²) in [5.41, 5.74) is 9.65. The van der Waals surface area contributed by atoms with E-state index in [1.807, 2.05) is 31.2 Å². The highest BCUT2D eigenvalue weighted by Crippen LogP contribution is 2.34. The van der Waals surface area contributed by atoms with E-state index >= 15 is 0 Å². The normalized spacial score (nSPS) is 12.4. The zero-order valence-corrected chi connectivity index (χ0v) is 19.7. The minimum Gasteiger partial charge on any atom is -0.426 e. The number of halogens is 4. The number of ether oxygens (including phenoxy) is 2. The molecule has 186 valence electrons. The first kappa shape index (κ1) is 25.2. The van der Waals surface area contributed by atoms with E-state index in [2.05, 4.69) is 14.7 Å². The van der Waals surface area contributed by atoms with Crippen LogP contribution in [0.25, 0.3) is 22.2 Å². The van der Waals surface area contributed by atoms with Gasteiger partial charge in [0.05, 0.1) is 21.6 Å². The number of nitrogens with one attached hydrogen (secondary N) is 1. The highest BCUT2D eigenvalue weighted by molar-refractivity contribution is 6.34. The first-order chi connectivity index (χ1) is 16.9. The predicted molar refractivity (Wildman–Crippen MR) is 127 cm³/mol. The van der Waals surface area contributed by atoms with Gasteiger partial charge in [0.1, 0.15) is 5.75 Å². The summed E-state index contributed by atoms with van der Waals surface area (Å²) in [5, 5.41) is 0.473. The number of rotatable bonds is 5. The molecule has 3 N–H and O–H groups in total. The van der Waals surface area contributed by atoms with E-state index < -0.39 is 18.1 Å². The quantitative estimate of drug-likeness (QED) is 0.239. The van der Waals surface area contributed by atoms with Gasteiger partial charge in [-0.1, -0.05) is 41.9 Å². The number of esters is 2. The van der Waals surface area contributed by atoms with Crippen molar-refractivity contribution < 1.29 is 32.2 Å². The van der Waals surface area contributed by atoms with Crippen molar-refractivity contribution in [3.8, 4) is 22.9 Å². The third-order valence-electron chi connectivity index (χ3n) is 5.36. The Bertz CT molecular complexity index is 1460. The molecule has 1 heterocycles. The molecule has 0 bridgehead atoms. The van der Waals surface area contributed by atoms with Crippen LogP contribution in [0.3, 0.4) is 0 Å². The Morgan fingerprint density at radius 3 is 2.42 bits per heavy atom. The van der Waals surface area contributed by atoms with Crippen LogP contribution in [0.5, 0.6) is 11.8 Å². The minimum atomic E-state index is -5.29. The number of aromatic nitrogens is 2. The summed E-state index contributed by atoms with van der Waals surface area (Å²) in [6.45, 7) is 3.37. The maximum Gasteiger partial charge on any atom is 0.491 e. The van der Waals surface area contributed by atoms with Gasteiger partial charge < -0.3 is 20.2 Å². The molecule has 0 saturated carbocycles. The monoisotopic (exact) mass is 517 g/mol. The maximum absolute atomic E-state index is 12.4. The smallest absolute Gasteiger partial charge is 0.426 e. The second-order valence-corrected chi connectivity index (χ2v) is 8.46. The third kappa shape index (κ3) is 5.34. The molecule has 3 aromatic carbocycles. The summed E-state index contributed by atoms with van der Waals surface area (Å²) in [5.74, 6) is -3.96. The van der Waals surface area contributed by atoms with Crippen molar-refractivity contribution in [2.45, 2.75) is 26.1 Å². The Morgan fingerprint density at radius 2 is 1.78 bits per heavy atom. The van der Waals surface area contributed by atoms with Crippen molar-refractivity contribution in [1.82, 2.24) is 9.97 Å². The summed E-state index contributed by atoms with van der Waals surface area (Å²) in [7, 11) is 0. The van der Waals surface area contributed by atoms with Crippen LogP contribution in [-0.4, -0.2) is 28.1 Å². The second kappa shape index (κ2) is 9.63. The lowest BCUT2D eigenvalue weighted by atomic mass is 10.0. The molecule has 11 heteroatoms. The Morgan fingerprint density at radius 1 is 1.08 bits per heavy atom. The summed E-state index contributed by atoms with van der Waals surface area (Å²) < 4.78 is 46.9. The Labute approximate surface area is 208 Å². The van der Waals surface area contributed by atoms with Gasteiger partial charge in [0.2, 0.25) is 0 Å². The third-order valence-corrected chi connectivity index (χ3v) is 5.67. The molecule has 0 amide bonds. The van der Waals surface area contributed by atoms with Crippen LogP contribution in [0.1, 0.15) is 34.5 Å². The number of hydrogen-bond donors (Lipinski definition) is 2.